The zero-order valence-corrected chi connectivity index (χ0v) is 13.1. The van der Waals surface area contributed by atoms with Crippen molar-refractivity contribution in [1.82, 2.24) is 4.90 Å². The molecule has 2 N–H and O–H groups in total. The van der Waals surface area contributed by atoms with Crippen LogP contribution in [0.25, 0.3) is 0 Å². The second kappa shape index (κ2) is 7.64. The summed E-state index contributed by atoms with van der Waals surface area (Å²) >= 11 is 0. The smallest absolute Gasteiger partial charge is 0.0196 e. The maximum Gasteiger partial charge on any atom is 0.0196 e. The van der Waals surface area contributed by atoms with Gasteiger partial charge >= 0.3 is 0 Å². The molecule has 19 heavy (non-hydrogen) atoms. The molecule has 2 saturated carbocycles. The lowest BCUT2D eigenvalue weighted by Gasteiger charge is -2.33. The van der Waals surface area contributed by atoms with Crippen molar-refractivity contribution in [2.24, 2.45) is 17.6 Å². The molecule has 2 nitrogen and oxygen atoms in total. The summed E-state index contributed by atoms with van der Waals surface area (Å²) in [6.07, 6.45) is 12.6. The Morgan fingerprint density at radius 1 is 1.00 bits per heavy atom. The van der Waals surface area contributed by atoms with E-state index in [0.29, 0.717) is 6.04 Å². The first-order valence-electron chi connectivity index (χ1n) is 8.66. The summed E-state index contributed by atoms with van der Waals surface area (Å²) in [5.74, 6) is 1.62. The van der Waals surface area contributed by atoms with Gasteiger partial charge in [-0.15, -0.1) is 0 Å². The van der Waals surface area contributed by atoms with Gasteiger partial charge < -0.3 is 5.73 Å². The van der Waals surface area contributed by atoms with Crippen molar-refractivity contribution in [2.75, 3.05) is 13.1 Å². The fourth-order valence-corrected chi connectivity index (χ4v) is 3.92. The highest BCUT2D eigenvalue weighted by molar-refractivity contribution is 4.85. The van der Waals surface area contributed by atoms with Crippen LogP contribution in [0.2, 0.25) is 0 Å². The monoisotopic (exact) mass is 266 g/mol. The lowest BCUT2D eigenvalue weighted by molar-refractivity contribution is 0.162. The summed E-state index contributed by atoms with van der Waals surface area (Å²) in [5, 5.41) is 0. The Kier molecular flexibility index (Phi) is 6.15. The predicted molar refractivity (Wildman–Crippen MR) is 83.2 cm³/mol. The number of hydrogen-bond donors (Lipinski definition) is 1. The molecule has 2 aliphatic carbocycles. The van der Waals surface area contributed by atoms with Crippen LogP contribution in [-0.4, -0.2) is 30.1 Å². The van der Waals surface area contributed by atoms with Gasteiger partial charge in [-0.25, -0.2) is 0 Å². The maximum atomic E-state index is 6.51. The summed E-state index contributed by atoms with van der Waals surface area (Å²) in [5.41, 5.74) is 6.51. The zero-order chi connectivity index (χ0) is 13.7. The number of nitrogens with zero attached hydrogens (tertiary/aromatic N) is 1. The van der Waals surface area contributed by atoms with Gasteiger partial charge in [0, 0.05) is 18.6 Å². The van der Waals surface area contributed by atoms with Crippen LogP contribution in [0.4, 0.5) is 0 Å². The van der Waals surface area contributed by atoms with E-state index in [1.807, 2.05) is 0 Å². The SMILES string of the molecule is CC(C)CCN(CC(N)C1CCCC1)C1CCCC1. The molecule has 0 heterocycles. The van der Waals surface area contributed by atoms with E-state index in [-0.39, 0.29) is 0 Å². The van der Waals surface area contributed by atoms with Crippen molar-refractivity contribution in [3.63, 3.8) is 0 Å². The second-order valence-corrected chi connectivity index (χ2v) is 7.32. The van der Waals surface area contributed by atoms with E-state index in [4.69, 9.17) is 5.73 Å². The summed E-state index contributed by atoms with van der Waals surface area (Å²) in [6, 6.07) is 1.27. The minimum atomic E-state index is 0.426. The van der Waals surface area contributed by atoms with E-state index in [1.54, 1.807) is 0 Å². The van der Waals surface area contributed by atoms with Crippen LogP contribution in [0, 0.1) is 11.8 Å². The Morgan fingerprint density at radius 3 is 2.16 bits per heavy atom. The van der Waals surface area contributed by atoms with Gasteiger partial charge in [0.15, 0.2) is 0 Å². The van der Waals surface area contributed by atoms with Crippen LogP contribution in [-0.2, 0) is 0 Å². The van der Waals surface area contributed by atoms with E-state index in [0.717, 1.165) is 24.4 Å². The lowest BCUT2D eigenvalue weighted by Crippen LogP contribution is -2.46. The van der Waals surface area contributed by atoms with E-state index in [1.165, 1.54) is 64.3 Å². The first kappa shape index (κ1) is 15.3. The van der Waals surface area contributed by atoms with Crippen molar-refractivity contribution in [3.8, 4) is 0 Å². The third-order valence-corrected chi connectivity index (χ3v) is 5.29. The Balaban J connectivity index is 1.84. The topological polar surface area (TPSA) is 29.3 Å². The van der Waals surface area contributed by atoms with Gasteiger partial charge in [0.1, 0.15) is 0 Å². The molecule has 0 aromatic rings. The highest BCUT2D eigenvalue weighted by Gasteiger charge is 2.28. The number of nitrogens with two attached hydrogens (primary N) is 1. The molecule has 2 fully saturated rings. The molecule has 0 amide bonds. The molecule has 0 spiro atoms. The van der Waals surface area contributed by atoms with Crippen molar-refractivity contribution in [2.45, 2.75) is 83.7 Å². The van der Waals surface area contributed by atoms with E-state index >= 15 is 0 Å². The lowest BCUT2D eigenvalue weighted by atomic mass is 9.97. The molecule has 0 aliphatic heterocycles. The molecule has 0 aromatic carbocycles. The molecule has 1 unspecified atom stereocenters. The number of rotatable bonds is 7. The minimum Gasteiger partial charge on any atom is -0.326 e. The van der Waals surface area contributed by atoms with Crippen molar-refractivity contribution >= 4 is 0 Å². The van der Waals surface area contributed by atoms with E-state index in [2.05, 4.69) is 18.7 Å². The molecule has 0 radical (unpaired) electrons. The standard InChI is InChI=1S/C17H34N2/c1-14(2)11-12-19(16-9-5-6-10-16)13-17(18)15-7-3-4-8-15/h14-17H,3-13,18H2,1-2H3. The average molecular weight is 266 g/mol. The van der Waals surface area contributed by atoms with Crippen LogP contribution in [0.1, 0.15) is 71.6 Å². The Hall–Kier alpha value is -0.0800. The maximum absolute atomic E-state index is 6.51. The molecule has 0 aromatic heterocycles. The summed E-state index contributed by atoms with van der Waals surface area (Å²) < 4.78 is 0. The molecule has 0 bridgehead atoms. The first-order valence-corrected chi connectivity index (χ1v) is 8.66. The van der Waals surface area contributed by atoms with Gasteiger partial charge in [-0.05, 0) is 50.5 Å². The molecule has 2 aliphatic rings. The van der Waals surface area contributed by atoms with Crippen molar-refractivity contribution in [3.05, 3.63) is 0 Å². The quantitative estimate of drug-likeness (QED) is 0.759. The van der Waals surface area contributed by atoms with Crippen molar-refractivity contribution < 1.29 is 0 Å². The highest BCUT2D eigenvalue weighted by Crippen LogP contribution is 2.29. The second-order valence-electron chi connectivity index (χ2n) is 7.32. The average Bonchev–Trinajstić information content (AvgIpc) is 3.05. The van der Waals surface area contributed by atoms with Gasteiger partial charge in [0.25, 0.3) is 0 Å². The molecule has 1 atom stereocenters. The number of hydrogen-bond acceptors (Lipinski definition) is 2. The molecule has 112 valence electrons. The summed E-state index contributed by atoms with van der Waals surface area (Å²) in [4.78, 5) is 2.75. The van der Waals surface area contributed by atoms with Crippen LogP contribution in [0.3, 0.4) is 0 Å². The van der Waals surface area contributed by atoms with Gasteiger partial charge in [-0.2, -0.15) is 0 Å². The van der Waals surface area contributed by atoms with Crippen LogP contribution in [0.5, 0.6) is 0 Å². The molecule has 2 heteroatoms. The third kappa shape index (κ3) is 4.75. The Labute approximate surface area is 120 Å². The van der Waals surface area contributed by atoms with Gasteiger partial charge in [-0.1, -0.05) is 39.5 Å². The van der Waals surface area contributed by atoms with E-state index < -0.39 is 0 Å². The fourth-order valence-electron chi connectivity index (χ4n) is 3.92. The largest absolute Gasteiger partial charge is 0.326 e. The van der Waals surface area contributed by atoms with Crippen molar-refractivity contribution in [1.29, 1.82) is 0 Å². The summed E-state index contributed by atoms with van der Waals surface area (Å²) in [7, 11) is 0. The predicted octanol–water partition coefficient (Wildman–Crippen LogP) is 3.79. The zero-order valence-electron chi connectivity index (χ0n) is 13.1. The minimum absolute atomic E-state index is 0.426. The van der Waals surface area contributed by atoms with Gasteiger partial charge in [0.05, 0.1) is 0 Å². The Morgan fingerprint density at radius 2 is 1.58 bits per heavy atom. The molecular weight excluding hydrogens is 232 g/mol. The summed E-state index contributed by atoms with van der Waals surface area (Å²) in [6.45, 7) is 7.10. The third-order valence-electron chi connectivity index (χ3n) is 5.29. The molecule has 2 rings (SSSR count). The van der Waals surface area contributed by atoms with Gasteiger partial charge in [0.2, 0.25) is 0 Å². The molecule has 0 saturated heterocycles. The van der Waals surface area contributed by atoms with Crippen LogP contribution < -0.4 is 5.73 Å². The fraction of sp³-hybridized carbons (Fsp3) is 1.00. The highest BCUT2D eigenvalue weighted by atomic mass is 15.2. The first-order chi connectivity index (χ1) is 9.16. The Bertz CT molecular complexity index is 240. The molecular formula is C17H34N2. The van der Waals surface area contributed by atoms with E-state index in [9.17, 15) is 0 Å². The normalized spacial score (nSPS) is 23.8. The van der Waals surface area contributed by atoms with Gasteiger partial charge in [-0.3, -0.25) is 4.90 Å². The van der Waals surface area contributed by atoms with Crippen LogP contribution in [0.15, 0.2) is 0 Å². The van der Waals surface area contributed by atoms with Crippen LogP contribution >= 0.6 is 0 Å².